The van der Waals surface area contributed by atoms with Crippen LogP contribution in [-0.4, -0.2) is 26.4 Å². The van der Waals surface area contributed by atoms with Crippen LogP contribution >= 0.6 is 15.9 Å². The molecule has 0 spiro atoms. The Morgan fingerprint density at radius 1 is 1.32 bits per heavy atom. The standard InChI is InChI=1S/C15H20BrNO2/c16-12-3-4-15-13(9-12)14(5-7-19-15)17-6-8-18-10-11-1-2-11/h3-4,9,11,14,17H,1-2,5-8,10H2. The molecule has 1 aromatic rings. The molecule has 3 rings (SSSR count). The summed E-state index contributed by atoms with van der Waals surface area (Å²) in [6, 6.07) is 6.60. The second-order valence-corrected chi connectivity index (χ2v) is 6.26. The number of fused-ring (bicyclic) bond motifs is 1. The van der Waals surface area contributed by atoms with Crippen LogP contribution in [0, 0.1) is 5.92 Å². The van der Waals surface area contributed by atoms with Crippen LogP contribution in [0.25, 0.3) is 0 Å². The van der Waals surface area contributed by atoms with Crippen LogP contribution in [-0.2, 0) is 4.74 Å². The van der Waals surface area contributed by atoms with Gasteiger partial charge in [-0.3, -0.25) is 0 Å². The maximum atomic E-state index is 5.68. The normalized spacial score (nSPS) is 21.8. The van der Waals surface area contributed by atoms with E-state index in [4.69, 9.17) is 9.47 Å². The predicted molar refractivity (Wildman–Crippen MR) is 78.5 cm³/mol. The van der Waals surface area contributed by atoms with Crippen molar-refractivity contribution in [3.05, 3.63) is 28.2 Å². The molecule has 0 amide bonds. The number of ether oxygens (including phenoxy) is 2. The second kappa shape index (κ2) is 6.25. The Hall–Kier alpha value is -0.580. The molecule has 1 aliphatic carbocycles. The first-order valence-electron chi connectivity index (χ1n) is 7.06. The SMILES string of the molecule is Brc1ccc2c(c1)C(NCCOCC1CC1)CCO2. The summed E-state index contributed by atoms with van der Waals surface area (Å²) in [5, 5.41) is 3.57. The lowest BCUT2D eigenvalue weighted by molar-refractivity contribution is 0.122. The largest absolute Gasteiger partial charge is 0.493 e. The third-order valence-electron chi connectivity index (χ3n) is 3.70. The Bertz CT molecular complexity index is 434. The van der Waals surface area contributed by atoms with Crippen molar-refractivity contribution in [3.63, 3.8) is 0 Å². The zero-order valence-corrected chi connectivity index (χ0v) is 12.6. The van der Waals surface area contributed by atoms with Gasteiger partial charge in [0.25, 0.3) is 0 Å². The first-order valence-corrected chi connectivity index (χ1v) is 7.85. The van der Waals surface area contributed by atoms with Crippen LogP contribution in [0.3, 0.4) is 0 Å². The lowest BCUT2D eigenvalue weighted by Gasteiger charge is -2.27. The van der Waals surface area contributed by atoms with Crippen LogP contribution in [0.5, 0.6) is 5.75 Å². The van der Waals surface area contributed by atoms with E-state index in [1.807, 2.05) is 12.1 Å². The maximum absolute atomic E-state index is 5.68. The van der Waals surface area contributed by atoms with E-state index in [9.17, 15) is 0 Å². The molecule has 1 unspecified atom stereocenters. The fourth-order valence-corrected chi connectivity index (χ4v) is 2.80. The molecule has 1 fully saturated rings. The third-order valence-corrected chi connectivity index (χ3v) is 4.19. The quantitative estimate of drug-likeness (QED) is 0.814. The van der Waals surface area contributed by atoms with E-state index in [-0.39, 0.29) is 0 Å². The first kappa shape index (κ1) is 13.4. The van der Waals surface area contributed by atoms with Gasteiger partial charge in [0.05, 0.1) is 13.2 Å². The van der Waals surface area contributed by atoms with Gasteiger partial charge in [0, 0.05) is 35.7 Å². The van der Waals surface area contributed by atoms with Crippen molar-refractivity contribution in [1.29, 1.82) is 0 Å². The van der Waals surface area contributed by atoms with Crippen molar-refractivity contribution in [2.24, 2.45) is 5.92 Å². The van der Waals surface area contributed by atoms with Gasteiger partial charge in [0.2, 0.25) is 0 Å². The Labute approximate surface area is 122 Å². The van der Waals surface area contributed by atoms with E-state index in [0.717, 1.165) is 48.9 Å². The van der Waals surface area contributed by atoms with Crippen molar-refractivity contribution in [2.75, 3.05) is 26.4 Å². The fourth-order valence-electron chi connectivity index (χ4n) is 2.42. The van der Waals surface area contributed by atoms with Gasteiger partial charge >= 0.3 is 0 Å². The van der Waals surface area contributed by atoms with Gasteiger partial charge < -0.3 is 14.8 Å². The van der Waals surface area contributed by atoms with Crippen LogP contribution in [0.2, 0.25) is 0 Å². The van der Waals surface area contributed by atoms with E-state index < -0.39 is 0 Å². The molecule has 19 heavy (non-hydrogen) atoms. The molecule has 1 N–H and O–H groups in total. The van der Waals surface area contributed by atoms with E-state index in [1.54, 1.807) is 0 Å². The summed E-state index contributed by atoms with van der Waals surface area (Å²) >= 11 is 3.53. The predicted octanol–water partition coefficient (Wildman–Crippen LogP) is 3.29. The van der Waals surface area contributed by atoms with Gasteiger partial charge in [-0.2, -0.15) is 0 Å². The Morgan fingerprint density at radius 3 is 3.05 bits per heavy atom. The summed E-state index contributed by atoms with van der Waals surface area (Å²) in [7, 11) is 0. The molecule has 4 heteroatoms. The monoisotopic (exact) mass is 325 g/mol. The van der Waals surface area contributed by atoms with Crippen LogP contribution in [0.15, 0.2) is 22.7 Å². The first-order chi connectivity index (χ1) is 9.33. The smallest absolute Gasteiger partial charge is 0.124 e. The molecule has 0 aromatic heterocycles. The highest BCUT2D eigenvalue weighted by atomic mass is 79.9. The number of hydrogen-bond donors (Lipinski definition) is 1. The van der Waals surface area contributed by atoms with Crippen molar-refractivity contribution in [1.82, 2.24) is 5.32 Å². The molecular weight excluding hydrogens is 306 g/mol. The second-order valence-electron chi connectivity index (χ2n) is 5.34. The zero-order chi connectivity index (χ0) is 13.1. The average molecular weight is 326 g/mol. The molecule has 0 bridgehead atoms. The van der Waals surface area contributed by atoms with Gasteiger partial charge in [0.15, 0.2) is 0 Å². The highest BCUT2D eigenvalue weighted by Crippen LogP contribution is 2.34. The molecular formula is C15H20BrNO2. The molecule has 1 aromatic carbocycles. The summed E-state index contributed by atoms with van der Waals surface area (Å²) in [5.41, 5.74) is 1.25. The molecule has 0 radical (unpaired) electrons. The molecule has 104 valence electrons. The van der Waals surface area contributed by atoms with E-state index in [0.29, 0.717) is 6.04 Å². The van der Waals surface area contributed by atoms with Crippen molar-refractivity contribution < 1.29 is 9.47 Å². The number of rotatable bonds is 6. The van der Waals surface area contributed by atoms with E-state index >= 15 is 0 Å². The van der Waals surface area contributed by atoms with Gasteiger partial charge in [-0.05, 0) is 37.0 Å². The number of nitrogens with one attached hydrogen (secondary N) is 1. The summed E-state index contributed by atoms with van der Waals surface area (Å²) in [6.07, 6.45) is 3.73. The Balaban J connectivity index is 1.49. The van der Waals surface area contributed by atoms with Crippen molar-refractivity contribution >= 4 is 15.9 Å². The third kappa shape index (κ3) is 3.71. The van der Waals surface area contributed by atoms with Gasteiger partial charge in [-0.25, -0.2) is 0 Å². The lowest BCUT2D eigenvalue weighted by atomic mass is 10.0. The Kier molecular flexibility index (Phi) is 4.41. The summed E-state index contributed by atoms with van der Waals surface area (Å²) in [5.74, 6) is 1.85. The molecule has 3 nitrogen and oxygen atoms in total. The summed E-state index contributed by atoms with van der Waals surface area (Å²) in [6.45, 7) is 3.44. The zero-order valence-electron chi connectivity index (χ0n) is 11.0. The van der Waals surface area contributed by atoms with Crippen molar-refractivity contribution in [3.8, 4) is 5.75 Å². The van der Waals surface area contributed by atoms with Gasteiger partial charge in [-0.1, -0.05) is 15.9 Å². The number of halogens is 1. The Morgan fingerprint density at radius 2 is 2.21 bits per heavy atom. The number of benzene rings is 1. The average Bonchev–Trinajstić information content (AvgIpc) is 3.23. The summed E-state index contributed by atoms with van der Waals surface area (Å²) < 4.78 is 12.4. The molecule has 0 saturated heterocycles. The van der Waals surface area contributed by atoms with Crippen LogP contribution in [0.4, 0.5) is 0 Å². The minimum absolute atomic E-state index is 0.380. The molecule has 2 aliphatic rings. The van der Waals surface area contributed by atoms with Gasteiger partial charge in [-0.15, -0.1) is 0 Å². The van der Waals surface area contributed by atoms with E-state index in [1.165, 1.54) is 18.4 Å². The van der Waals surface area contributed by atoms with E-state index in [2.05, 4.69) is 27.3 Å². The molecule has 1 atom stereocenters. The van der Waals surface area contributed by atoms with Crippen LogP contribution in [0.1, 0.15) is 30.9 Å². The fraction of sp³-hybridized carbons (Fsp3) is 0.600. The highest BCUT2D eigenvalue weighted by molar-refractivity contribution is 9.10. The highest BCUT2D eigenvalue weighted by Gasteiger charge is 2.22. The molecule has 1 aliphatic heterocycles. The minimum Gasteiger partial charge on any atom is -0.493 e. The summed E-state index contributed by atoms with van der Waals surface area (Å²) in [4.78, 5) is 0. The minimum atomic E-state index is 0.380. The molecule has 1 saturated carbocycles. The van der Waals surface area contributed by atoms with Gasteiger partial charge in [0.1, 0.15) is 5.75 Å². The topological polar surface area (TPSA) is 30.5 Å². The van der Waals surface area contributed by atoms with Crippen molar-refractivity contribution in [2.45, 2.75) is 25.3 Å². The maximum Gasteiger partial charge on any atom is 0.124 e. The van der Waals surface area contributed by atoms with Crippen LogP contribution < -0.4 is 10.1 Å². The molecule has 1 heterocycles. The lowest BCUT2D eigenvalue weighted by Crippen LogP contribution is -2.29. The number of hydrogen-bond acceptors (Lipinski definition) is 3.